The van der Waals surface area contributed by atoms with E-state index >= 15 is 0 Å². The zero-order valence-corrected chi connectivity index (χ0v) is 13.3. The maximum atomic E-state index is 5.81. The van der Waals surface area contributed by atoms with Crippen molar-refractivity contribution in [1.82, 2.24) is 9.97 Å². The third-order valence-electron chi connectivity index (χ3n) is 3.00. The number of fused-ring (bicyclic) bond motifs is 1. The Morgan fingerprint density at radius 2 is 2.10 bits per heavy atom. The number of hydrogen-bond acceptors (Lipinski definition) is 5. The number of rotatable bonds is 3. The van der Waals surface area contributed by atoms with Gasteiger partial charge in [-0.2, -0.15) is 4.98 Å². The zero-order chi connectivity index (χ0) is 14.1. The van der Waals surface area contributed by atoms with Crippen molar-refractivity contribution in [2.24, 2.45) is 0 Å². The van der Waals surface area contributed by atoms with Crippen LogP contribution in [0.15, 0.2) is 39.5 Å². The van der Waals surface area contributed by atoms with Crippen molar-refractivity contribution < 1.29 is 0 Å². The number of nitrogen functional groups attached to an aromatic ring is 1. The summed E-state index contributed by atoms with van der Waals surface area (Å²) in [5.41, 5.74) is 7.92. The van der Waals surface area contributed by atoms with Gasteiger partial charge in [-0.15, -0.1) is 11.3 Å². The summed E-state index contributed by atoms with van der Waals surface area (Å²) in [5.74, 6) is 1.16. The number of aromatic nitrogens is 2. The van der Waals surface area contributed by atoms with Gasteiger partial charge in [0.05, 0.1) is 9.30 Å². The Labute approximate surface area is 129 Å². The summed E-state index contributed by atoms with van der Waals surface area (Å²) in [6.45, 7) is 0.780. The van der Waals surface area contributed by atoms with E-state index in [0.29, 0.717) is 5.95 Å². The third kappa shape index (κ3) is 2.62. The summed E-state index contributed by atoms with van der Waals surface area (Å²) >= 11 is 5.16. The Morgan fingerprint density at radius 1 is 1.30 bits per heavy atom. The van der Waals surface area contributed by atoms with Crippen LogP contribution < -0.4 is 10.6 Å². The van der Waals surface area contributed by atoms with Gasteiger partial charge in [0.15, 0.2) is 0 Å². The van der Waals surface area contributed by atoms with Gasteiger partial charge in [0.25, 0.3) is 0 Å². The minimum atomic E-state index is 0.303. The van der Waals surface area contributed by atoms with Gasteiger partial charge >= 0.3 is 0 Å². The standard InChI is InChI=1S/C14H13BrN4S/c1-19(7-9-6-12(15)20-8-9)13-10-4-2-3-5-11(10)17-14(16)18-13/h2-6,8H,7H2,1H3,(H2,16,17,18). The largest absolute Gasteiger partial charge is 0.368 e. The Morgan fingerprint density at radius 3 is 2.85 bits per heavy atom. The molecular weight excluding hydrogens is 336 g/mol. The average Bonchev–Trinajstić information content (AvgIpc) is 2.83. The molecular formula is C14H13BrN4S. The first-order valence-electron chi connectivity index (χ1n) is 6.10. The molecule has 20 heavy (non-hydrogen) atoms. The summed E-state index contributed by atoms with van der Waals surface area (Å²) in [5, 5.41) is 3.14. The smallest absolute Gasteiger partial charge is 0.222 e. The molecule has 0 radical (unpaired) electrons. The van der Waals surface area contributed by atoms with Gasteiger partial charge in [-0.25, -0.2) is 4.98 Å². The van der Waals surface area contributed by atoms with Gasteiger partial charge in [0, 0.05) is 19.0 Å². The van der Waals surface area contributed by atoms with E-state index in [0.717, 1.165) is 27.1 Å². The molecule has 0 atom stereocenters. The van der Waals surface area contributed by atoms with E-state index in [1.807, 2.05) is 31.3 Å². The Bertz CT molecular complexity index is 756. The Hall–Kier alpha value is -1.66. The van der Waals surface area contributed by atoms with Gasteiger partial charge in [-0.1, -0.05) is 12.1 Å². The molecule has 0 saturated carbocycles. The summed E-state index contributed by atoms with van der Waals surface area (Å²) in [7, 11) is 2.01. The maximum Gasteiger partial charge on any atom is 0.222 e. The molecule has 0 spiro atoms. The highest BCUT2D eigenvalue weighted by atomic mass is 79.9. The fourth-order valence-electron chi connectivity index (χ4n) is 2.15. The second kappa shape index (κ2) is 5.38. The number of anilines is 2. The molecule has 2 heterocycles. The molecule has 0 saturated heterocycles. The second-order valence-corrected chi connectivity index (χ2v) is 6.83. The minimum Gasteiger partial charge on any atom is -0.368 e. The van der Waals surface area contributed by atoms with Gasteiger partial charge in [-0.3, -0.25) is 0 Å². The van der Waals surface area contributed by atoms with Crippen molar-refractivity contribution in [3.05, 3.63) is 45.1 Å². The normalized spacial score (nSPS) is 10.9. The second-order valence-electron chi connectivity index (χ2n) is 4.54. The predicted molar refractivity (Wildman–Crippen MR) is 88.1 cm³/mol. The van der Waals surface area contributed by atoms with Crippen molar-refractivity contribution in [1.29, 1.82) is 0 Å². The third-order valence-corrected chi connectivity index (χ3v) is 4.56. The summed E-state index contributed by atoms with van der Waals surface area (Å²) in [6.07, 6.45) is 0. The van der Waals surface area contributed by atoms with E-state index in [4.69, 9.17) is 5.73 Å². The molecule has 3 rings (SSSR count). The number of benzene rings is 1. The number of para-hydroxylation sites is 1. The molecule has 6 heteroatoms. The van der Waals surface area contributed by atoms with E-state index in [2.05, 4.69) is 42.2 Å². The molecule has 102 valence electrons. The summed E-state index contributed by atoms with van der Waals surface area (Å²) < 4.78 is 1.13. The Balaban J connectivity index is 2.00. The molecule has 0 unspecified atom stereocenters. The number of nitrogens with two attached hydrogens (primary N) is 1. The first-order valence-corrected chi connectivity index (χ1v) is 7.77. The van der Waals surface area contributed by atoms with E-state index in [-0.39, 0.29) is 0 Å². The quantitative estimate of drug-likeness (QED) is 0.784. The van der Waals surface area contributed by atoms with Crippen LogP contribution in [0.1, 0.15) is 5.56 Å². The highest BCUT2D eigenvalue weighted by Crippen LogP contribution is 2.27. The molecule has 0 aliphatic rings. The van der Waals surface area contributed by atoms with Crippen LogP contribution in [-0.2, 0) is 6.54 Å². The fourth-order valence-corrected chi connectivity index (χ4v) is 3.35. The van der Waals surface area contributed by atoms with Crippen LogP contribution in [0.5, 0.6) is 0 Å². The molecule has 3 aromatic rings. The van der Waals surface area contributed by atoms with Crippen molar-refractivity contribution in [3.8, 4) is 0 Å². The van der Waals surface area contributed by atoms with Gasteiger partial charge in [0.2, 0.25) is 5.95 Å². The van der Waals surface area contributed by atoms with E-state index < -0.39 is 0 Å². The number of nitrogens with zero attached hydrogens (tertiary/aromatic N) is 3. The molecule has 1 aromatic carbocycles. The van der Waals surface area contributed by atoms with E-state index in [1.54, 1.807) is 11.3 Å². The van der Waals surface area contributed by atoms with Crippen LogP contribution in [0.2, 0.25) is 0 Å². The van der Waals surface area contributed by atoms with Crippen molar-refractivity contribution in [3.63, 3.8) is 0 Å². The molecule has 2 N–H and O–H groups in total. The number of halogens is 1. The lowest BCUT2D eigenvalue weighted by Gasteiger charge is -2.19. The van der Waals surface area contributed by atoms with Crippen LogP contribution in [0, 0.1) is 0 Å². The molecule has 2 aromatic heterocycles. The summed E-state index contributed by atoms with van der Waals surface area (Å²) in [4.78, 5) is 10.7. The van der Waals surface area contributed by atoms with Crippen molar-refractivity contribution in [2.75, 3.05) is 17.7 Å². The first-order chi connectivity index (χ1) is 9.63. The predicted octanol–water partition coefficient (Wildman–Crippen LogP) is 3.67. The first kappa shape index (κ1) is 13.3. The molecule has 0 bridgehead atoms. The monoisotopic (exact) mass is 348 g/mol. The van der Waals surface area contributed by atoms with Crippen molar-refractivity contribution >= 4 is 49.9 Å². The summed E-state index contributed by atoms with van der Waals surface area (Å²) in [6, 6.07) is 10.0. The lowest BCUT2D eigenvalue weighted by molar-refractivity contribution is 0.906. The van der Waals surface area contributed by atoms with Crippen LogP contribution in [0.4, 0.5) is 11.8 Å². The molecule has 0 aliphatic carbocycles. The topological polar surface area (TPSA) is 55.0 Å². The van der Waals surface area contributed by atoms with Crippen molar-refractivity contribution in [2.45, 2.75) is 6.54 Å². The van der Waals surface area contributed by atoms with Crippen LogP contribution in [-0.4, -0.2) is 17.0 Å². The molecule has 0 fully saturated rings. The average molecular weight is 349 g/mol. The minimum absolute atomic E-state index is 0.303. The SMILES string of the molecule is CN(Cc1csc(Br)c1)c1nc(N)nc2ccccc12. The zero-order valence-electron chi connectivity index (χ0n) is 10.9. The van der Waals surface area contributed by atoms with Crippen LogP contribution in [0.3, 0.4) is 0 Å². The van der Waals surface area contributed by atoms with Crippen LogP contribution >= 0.6 is 27.3 Å². The fraction of sp³-hybridized carbons (Fsp3) is 0.143. The lowest BCUT2D eigenvalue weighted by Crippen LogP contribution is -2.18. The number of hydrogen-bond donors (Lipinski definition) is 1. The highest BCUT2D eigenvalue weighted by Gasteiger charge is 2.11. The van der Waals surface area contributed by atoms with Gasteiger partial charge in [0.1, 0.15) is 5.82 Å². The van der Waals surface area contributed by atoms with E-state index in [1.165, 1.54) is 5.56 Å². The Kier molecular flexibility index (Phi) is 3.58. The highest BCUT2D eigenvalue weighted by molar-refractivity contribution is 9.11. The van der Waals surface area contributed by atoms with E-state index in [9.17, 15) is 0 Å². The molecule has 0 amide bonds. The van der Waals surface area contributed by atoms with Gasteiger partial charge < -0.3 is 10.6 Å². The maximum absolute atomic E-state index is 5.81. The van der Waals surface area contributed by atoms with Gasteiger partial charge in [-0.05, 0) is 45.1 Å². The molecule has 4 nitrogen and oxygen atoms in total. The number of thiophene rings is 1. The van der Waals surface area contributed by atoms with Crippen LogP contribution in [0.25, 0.3) is 10.9 Å². The lowest BCUT2D eigenvalue weighted by atomic mass is 10.2. The molecule has 0 aliphatic heterocycles.